The number of aromatic nitrogens is 3. The molecule has 0 saturated heterocycles. The number of hydrogen-bond donors (Lipinski definition) is 0. The highest BCUT2D eigenvalue weighted by Crippen LogP contribution is 2.23. The third-order valence-corrected chi connectivity index (χ3v) is 6.47. The highest BCUT2D eigenvalue weighted by atomic mass is 35.5. The van der Waals surface area contributed by atoms with Crippen LogP contribution < -0.4 is 0 Å². The smallest absolute Gasteiger partial charge is 0.231 e. The summed E-state index contributed by atoms with van der Waals surface area (Å²) in [4.78, 5) is 7.76. The molecule has 0 amide bonds. The molecule has 0 aliphatic rings. The normalized spacial score (nSPS) is 12.2. The molecule has 26 heavy (non-hydrogen) atoms. The largest absolute Gasteiger partial charge is 0.268 e. The van der Waals surface area contributed by atoms with Crippen molar-refractivity contribution >= 4 is 31.5 Å². The molecule has 0 unspecified atom stereocenters. The van der Waals surface area contributed by atoms with Gasteiger partial charge in [0.25, 0.3) is 10.0 Å². The topological polar surface area (TPSA) is 99.0 Å². The van der Waals surface area contributed by atoms with Gasteiger partial charge in [-0.15, -0.1) is 0 Å². The van der Waals surface area contributed by atoms with E-state index in [4.69, 9.17) is 11.6 Å². The van der Waals surface area contributed by atoms with Crippen LogP contribution >= 0.6 is 11.6 Å². The summed E-state index contributed by atoms with van der Waals surface area (Å²) in [6, 6.07) is 9.50. The minimum atomic E-state index is -3.79. The zero-order valence-electron chi connectivity index (χ0n) is 13.6. The Morgan fingerprint density at radius 3 is 2.19 bits per heavy atom. The first kappa shape index (κ1) is 18.6. The van der Waals surface area contributed by atoms with Crippen molar-refractivity contribution < 1.29 is 16.8 Å². The van der Waals surface area contributed by atoms with E-state index in [-0.39, 0.29) is 15.2 Å². The summed E-state index contributed by atoms with van der Waals surface area (Å²) in [5, 5.41) is -0.207. The van der Waals surface area contributed by atoms with Crippen LogP contribution in [0.3, 0.4) is 0 Å². The molecule has 0 fully saturated rings. The van der Waals surface area contributed by atoms with Gasteiger partial charge in [0.05, 0.1) is 4.90 Å². The molecule has 0 radical (unpaired) electrons. The standard InChI is InChI=1S/C16H14ClN3O4S2/c1-25(21,22)16-18-9-13(10-19-16)7-12-8-15(17)20(11-12)26(23,24)14-5-3-2-4-6-14/h2-6,8-11H,7H2,1H3. The molecular formula is C16H14ClN3O4S2. The molecule has 136 valence electrons. The fraction of sp³-hybridized carbons (Fsp3) is 0.125. The Balaban J connectivity index is 1.89. The fourth-order valence-electron chi connectivity index (χ4n) is 2.31. The quantitative estimate of drug-likeness (QED) is 0.596. The molecule has 0 bridgehead atoms. The van der Waals surface area contributed by atoms with Gasteiger partial charge >= 0.3 is 0 Å². The Bertz CT molecular complexity index is 1140. The summed E-state index contributed by atoms with van der Waals surface area (Å²) in [7, 11) is -7.26. The van der Waals surface area contributed by atoms with Crippen molar-refractivity contribution in [1.29, 1.82) is 0 Å². The van der Waals surface area contributed by atoms with E-state index in [9.17, 15) is 16.8 Å². The molecule has 0 aliphatic carbocycles. The lowest BCUT2D eigenvalue weighted by Gasteiger charge is -2.06. The summed E-state index contributed by atoms with van der Waals surface area (Å²) in [5.41, 5.74) is 1.26. The molecule has 0 saturated carbocycles. The monoisotopic (exact) mass is 411 g/mol. The van der Waals surface area contributed by atoms with Gasteiger partial charge in [0, 0.05) is 31.3 Å². The second-order valence-electron chi connectivity index (χ2n) is 5.61. The van der Waals surface area contributed by atoms with Crippen LogP contribution in [0.5, 0.6) is 0 Å². The molecular weight excluding hydrogens is 398 g/mol. The Kier molecular flexibility index (Phi) is 4.87. The summed E-state index contributed by atoms with van der Waals surface area (Å²) in [6.45, 7) is 0. The molecule has 0 spiro atoms. The van der Waals surface area contributed by atoms with Gasteiger partial charge in [0.1, 0.15) is 5.15 Å². The zero-order valence-corrected chi connectivity index (χ0v) is 16.0. The predicted octanol–water partition coefficient (Wildman–Crippen LogP) is 2.16. The third-order valence-electron chi connectivity index (χ3n) is 3.52. The van der Waals surface area contributed by atoms with Crippen molar-refractivity contribution in [3.05, 3.63) is 71.3 Å². The van der Waals surface area contributed by atoms with Crippen molar-refractivity contribution in [3.8, 4) is 0 Å². The number of rotatable bonds is 5. The number of hydrogen-bond acceptors (Lipinski definition) is 6. The molecule has 3 rings (SSSR count). The summed E-state index contributed by atoms with van der Waals surface area (Å²) >= 11 is 6.10. The van der Waals surface area contributed by atoms with Gasteiger partial charge in [0.15, 0.2) is 0 Å². The first-order chi connectivity index (χ1) is 12.2. The Hall–Kier alpha value is -2.23. The van der Waals surface area contributed by atoms with E-state index >= 15 is 0 Å². The average molecular weight is 412 g/mol. The third kappa shape index (κ3) is 3.79. The Morgan fingerprint density at radius 2 is 1.62 bits per heavy atom. The van der Waals surface area contributed by atoms with Crippen LogP contribution in [0.15, 0.2) is 65.0 Å². The maximum absolute atomic E-state index is 12.7. The van der Waals surface area contributed by atoms with E-state index in [0.29, 0.717) is 17.5 Å². The van der Waals surface area contributed by atoms with Crippen LogP contribution in [-0.2, 0) is 26.3 Å². The molecule has 2 aromatic heterocycles. The van der Waals surface area contributed by atoms with E-state index in [1.165, 1.54) is 36.8 Å². The van der Waals surface area contributed by atoms with E-state index in [2.05, 4.69) is 9.97 Å². The van der Waals surface area contributed by atoms with Crippen molar-refractivity contribution in [2.75, 3.05) is 6.26 Å². The number of sulfone groups is 1. The second-order valence-corrected chi connectivity index (χ2v) is 9.72. The van der Waals surface area contributed by atoms with Crippen LogP contribution in [0.4, 0.5) is 0 Å². The van der Waals surface area contributed by atoms with Gasteiger partial charge in [-0.3, -0.25) is 0 Å². The van der Waals surface area contributed by atoms with E-state index in [0.717, 1.165) is 10.2 Å². The van der Waals surface area contributed by atoms with Crippen molar-refractivity contribution in [1.82, 2.24) is 13.9 Å². The summed E-state index contributed by atoms with van der Waals surface area (Å²) in [6.07, 6.45) is 5.53. The number of benzene rings is 1. The highest BCUT2D eigenvalue weighted by Gasteiger charge is 2.20. The summed E-state index contributed by atoms with van der Waals surface area (Å²) < 4.78 is 49.1. The van der Waals surface area contributed by atoms with E-state index in [1.807, 2.05) is 0 Å². The van der Waals surface area contributed by atoms with Crippen molar-refractivity contribution in [2.45, 2.75) is 16.5 Å². The minimum Gasteiger partial charge on any atom is -0.231 e. The minimum absolute atomic E-state index is 0.0533. The SMILES string of the molecule is CS(=O)(=O)c1ncc(Cc2cc(Cl)n(S(=O)(=O)c3ccccc3)c2)cn1. The van der Waals surface area contributed by atoms with Crippen LogP contribution in [0, 0.1) is 0 Å². The van der Waals surface area contributed by atoms with E-state index < -0.39 is 19.9 Å². The molecule has 1 aromatic carbocycles. The van der Waals surface area contributed by atoms with Gasteiger partial charge < -0.3 is 0 Å². The number of halogens is 1. The molecule has 0 atom stereocenters. The zero-order chi connectivity index (χ0) is 18.9. The van der Waals surface area contributed by atoms with Crippen LogP contribution in [-0.4, -0.2) is 37.0 Å². The Labute approximate surface area is 156 Å². The van der Waals surface area contributed by atoms with Gasteiger partial charge in [-0.05, 0) is 29.3 Å². The molecule has 0 aliphatic heterocycles. The lowest BCUT2D eigenvalue weighted by molar-refractivity contribution is 0.587. The van der Waals surface area contributed by atoms with Crippen molar-refractivity contribution in [3.63, 3.8) is 0 Å². The second kappa shape index (κ2) is 6.82. The lowest BCUT2D eigenvalue weighted by atomic mass is 10.1. The Morgan fingerprint density at radius 1 is 1.00 bits per heavy atom. The first-order valence-electron chi connectivity index (χ1n) is 7.36. The van der Waals surface area contributed by atoms with Crippen LogP contribution in [0.1, 0.15) is 11.1 Å². The van der Waals surface area contributed by atoms with Gasteiger partial charge in [0.2, 0.25) is 15.0 Å². The van der Waals surface area contributed by atoms with Crippen LogP contribution in [0.2, 0.25) is 5.15 Å². The summed E-state index contributed by atoms with van der Waals surface area (Å²) in [5.74, 6) is 0. The predicted molar refractivity (Wildman–Crippen MR) is 96.4 cm³/mol. The van der Waals surface area contributed by atoms with E-state index in [1.54, 1.807) is 18.2 Å². The van der Waals surface area contributed by atoms with Gasteiger partial charge in [-0.25, -0.2) is 30.8 Å². The van der Waals surface area contributed by atoms with Gasteiger partial charge in [-0.2, -0.15) is 0 Å². The first-order valence-corrected chi connectivity index (χ1v) is 11.1. The highest BCUT2D eigenvalue weighted by molar-refractivity contribution is 7.90. The van der Waals surface area contributed by atoms with Crippen molar-refractivity contribution in [2.24, 2.45) is 0 Å². The number of nitrogens with zero attached hydrogens (tertiary/aromatic N) is 3. The van der Waals surface area contributed by atoms with Gasteiger partial charge in [-0.1, -0.05) is 29.8 Å². The molecule has 7 nitrogen and oxygen atoms in total. The maximum Gasteiger partial charge on any atom is 0.268 e. The fourth-order valence-corrected chi connectivity index (χ4v) is 4.55. The molecule has 3 aromatic rings. The van der Waals surface area contributed by atoms with Crippen LogP contribution in [0.25, 0.3) is 0 Å². The maximum atomic E-state index is 12.7. The lowest BCUT2D eigenvalue weighted by Crippen LogP contribution is -2.11. The molecule has 10 heteroatoms. The molecule has 0 N–H and O–H groups in total. The molecule has 2 heterocycles. The average Bonchev–Trinajstić information content (AvgIpc) is 2.96.